The van der Waals surface area contributed by atoms with Crippen molar-refractivity contribution in [2.45, 2.75) is 4.90 Å². The lowest BCUT2D eigenvalue weighted by Crippen LogP contribution is -2.38. The van der Waals surface area contributed by atoms with Gasteiger partial charge in [0.05, 0.1) is 11.3 Å². The van der Waals surface area contributed by atoms with Crippen molar-refractivity contribution in [2.75, 3.05) is 6.26 Å². The Balaban J connectivity index is 1.71. The number of rotatable bonds is 3. The molecule has 0 atom stereocenters. The van der Waals surface area contributed by atoms with E-state index in [0.717, 1.165) is 21.7 Å². The van der Waals surface area contributed by atoms with Crippen molar-refractivity contribution in [3.63, 3.8) is 0 Å². The van der Waals surface area contributed by atoms with Crippen LogP contribution >= 0.6 is 23.5 Å². The minimum Gasteiger partial charge on any atom is -0.283 e. The molecule has 26 heavy (non-hydrogen) atoms. The number of hydrogen-bond donors (Lipinski definition) is 1. The predicted octanol–water partition coefficient (Wildman–Crippen LogP) is 4.71. The number of thioether (sulfide) groups is 2. The van der Waals surface area contributed by atoms with Gasteiger partial charge in [0.2, 0.25) is 0 Å². The molecule has 128 valence electrons. The molecule has 2 aliphatic rings. The highest BCUT2D eigenvalue weighted by molar-refractivity contribution is 8.17. The smallest absolute Gasteiger partial charge is 0.283 e. The fourth-order valence-corrected chi connectivity index (χ4v) is 4.08. The zero-order valence-corrected chi connectivity index (χ0v) is 15.6. The van der Waals surface area contributed by atoms with E-state index in [2.05, 4.69) is 4.99 Å². The van der Waals surface area contributed by atoms with Crippen LogP contribution in [0.25, 0.3) is 11.8 Å². The highest BCUT2D eigenvalue weighted by atomic mass is 32.2. The summed E-state index contributed by atoms with van der Waals surface area (Å²) in [7, 11) is 0. The molecule has 2 aromatic rings. The number of carbonyl (C=O) groups is 1. The molecule has 0 saturated heterocycles. The van der Waals surface area contributed by atoms with E-state index in [1.807, 2.05) is 66.3 Å². The maximum atomic E-state index is 12.5. The summed E-state index contributed by atoms with van der Waals surface area (Å²) in [5, 5.41) is 11.1. The van der Waals surface area contributed by atoms with Crippen LogP contribution in [0.3, 0.4) is 0 Å². The van der Waals surface area contributed by atoms with Crippen molar-refractivity contribution >= 4 is 52.2 Å². The van der Waals surface area contributed by atoms with Crippen molar-refractivity contribution in [2.24, 2.45) is 4.99 Å². The Hall–Kier alpha value is -2.57. The van der Waals surface area contributed by atoms with Crippen LogP contribution in [0, 0.1) is 5.41 Å². The summed E-state index contributed by atoms with van der Waals surface area (Å²) in [6.07, 6.45) is 3.76. The number of amides is 1. The molecule has 1 amide bonds. The van der Waals surface area contributed by atoms with Crippen molar-refractivity contribution in [1.29, 1.82) is 5.41 Å². The van der Waals surface area contributed by atoms with E-state index < -0.39 is 0 Å². The fourth-order valence-electron chi connectivity index (χ4n) is 2.78. The summed E-state index contributed by atoms with van der Waals surface area (Å²) in [6, 6.07) is 17.8. The van der Waals surface area contributed by atoms with E-state index in [0.29, 0.717) is 10.7 Å². The van der Waals surface area contributed by atoms with Crippen LogP contribution < -0.4 is 0 Å². The van der Waals surface area contributed by atoms with E-state index >= 15 is 0 Å². The average molecular weight is 377 g/mol. The second-order valence-corrected chi connectivity index (χ2v) is 7.42. The van der Waals surface area contributed by atoms with Gasteiger partial charge in [0, 0.05) is 10.3 Å². The number of nitrogens with one attached hydrogen (secondary N) is 1. The van der Waals surface area contributed by atoms with Gasteiger partial charge >= 0.3 is 0 Å². The maximum Gasteiger partial charge on any atom is 0.283 e. The average Bonchev–Trinajstić information content (AvgIpc) is 3.10. The molecular formula is C20H15N3OS2. The van der Waals surface area contributed by atoms with E-state index in [4.69, 9.17) is 5.41 Å². The topological polar surface area (TPSA) is 56.5 Å². The molecule has 0 aliphatic carbocycles. The van der Waals surface area contributed by atoms with Crippen molar-refractivity contribution in [1.82, 2.24) is 4.90 Å². The van der Waals surface area contributed by atoms with Crippen LogP contribution in [0.2, 0.25) is 0 Å². The highest BCUT2D eigenvalue weighted by Crippen LogP contribution is 2.37. The normalized spacial score (nSPS) is 18.0. The summed E-state index contributed by atoms with van der Waals surface area (Å²) in [6.45, 7) is 0. The first-order valence-corrected chi connectivity index (χ1v) is 10.1. The van der Waals surface area contributed by atoms with Gasteiger partial charge in [-0.3, -0.25) is 15.1 Å². The number of aliphatic imine (C=N–C) groups is 1. The molecule has 0 spiro atoms. The summed E-state index contributed by atoms with van der Waals surface area (Å²) in [4.78, 5) is 19.5. The standard InChI is InChI=1S/C20H15N3OS2/c1-25-15-9-7-13(8-10-15)11-16-18(21)23-17(14-5-3-2-4-6-14)12-26-20(23)22-19(16)24/h2-12,21H,1H3. The first kappa shape index (κ1) is 16.9. The quantitative estimate of drug-likeness (QED) is 0.621. The number of nitrogens with zero attached hydrogens (tertiary/aromatic N) is 2. The Morgan fingerprint density at radius 1 is 1.12 bits per heavy atom. The van der Waals surface area contributed by atoms with Crippen molar-refractivity contribution in [3.05, 3.63) is 76.7 Å². The second-order valence-electron chi connectivity index (χ2n) is 5.70. The summed E-state index contributed by atoms with van der Waals surface area (Å²) in [5.74, 6) is -0.209. The molecule has 0 aromatic heterocycles. The Labute approximate surface area is 160 Å². The van der Waals surface area contributed by atoms with Gasteiger partial charge in [-0.2, -0.15) is 4.99 Å². The van der Waals surface area contributed by atoms with Crippen LogP contribution in [-0.2, 0) is 4.79 Å². The molecular weight excluding hydrogens is 362 g/mol. The van der Waals surface area contributed by atoms with Gasteiger partial charge < -0.3 is 0 Å². The minimum atomic E-state index is -0.370. The van der Waals surface area contributed by atoms with Gasteiger partial charge in [0.15, 0.2) is 5.17 Å². The second kappa shape index (κ2) is 6.97. The van der Waals surface area contributed by atoms with Gasteiger partial charge in [-0.15, -0.1) is 11.8 Å². The monoisotopic (exact) mass is 377 g/mol. The van der Waals surface area contributed by atoms with Crippen LogP contribution in [0.1, 0.15) is 11.1 Å². The van der Waals surface area contributed by atoms with Crippen LogP contribution in [0.5, 0.6) is 0 Å². The lowest BCUT2D eigenvalue weighted by molar-refractivity contribution is -0.114. The number of benzene rings is 2. The lowest BCUT2D eigenvalue weighted by atomic mass is 10.1. The molecule has 6 heteroatoms. The van der Waals surface area contributed by atoms with Gasteiger partial charge in [-0.05, 0) is 35.6 Å². The van der Waals surface area contributed by atoms with Crippen LogP contribution in [-0.4, -0.2) is 28.1 Å². The largest absolute Gasteiger partial charge is 0.283 e. The molecule has 0 radical (unpaired) electrons. The molecule has 4 rings (SSSR count). The third-order valence-corrected chi connectivity index (χ3v) is 5.68. The summed E-state index contributed by atoms with van der Waals surface area (Å²) < 4.78 is 0. The van der Waals surface area contributed by atoms with Gasteiger partial charge in [-0.25, -0.2) is 0 Å². The summed E-state index contributed by atoms with van der Waals surface area (Å²) in [5.41, 5.74) is 3.05. The first-order valence-electron chi connectivity index (χ1n) is 7.97. The number of amidine groups is 2. The number of fused-ring (bicyclic) bond motifs is 1. The number of carbonyl (C=O) groups excluding carboxylic acids is 1. The third kappa shape index (κ3) is 3.02. The SMILES string of the molecule is CSc1ccc(C=C2C(=N)N3C(c4ccccc4)=CSC3=NC2=O)cc1. The number of hydrogen-bond acceptors (Lipinski definition) is 4. The fraction of sp³-hybridized carbons (Fsp3) is 0.0500. The molecule has 1 N–H and O–H groups in total. The van der Waals surface area contributed by atoms with E-state index in [-0.39, 0.29) is 11.7 Å². The maximum absolute atomic E-state index is 12.5. The molecule has 2 aliphatic heterocycles. The Morgan fingerprint density at radius 3 is 2.54 bits per heavy atom. The van der Waals surface area contributed by atoms with Crippen LogP contribution in [0.15, 0.2) is 75.5 Å². The van der Waals surface area contributed by atoms with Crippen molar-refractivity contribution in [3.8, 4) is 0 Å². The van der Waals surface area contributed by atoms with Crippen molar-refractivity contribution < 1.29 is 4.79 Å². The van der Waals surface area contributed by atoms with Crippen LogP contribution in [0.4, 0.5) is 0 Å². The summed E-state index contributed by atoms with van der Waals surface area (Å²) >= 11 is 3.04. The Morgan fingerprint density at radius 2 is 1.85 bits per heavy atom. The molecule has 2 heterocycles. The van der Waals surface area contributed by atoms with Gasteiger partial charge in [-0.1, -0.05) is 54.2 Å². The Kier molecular flexibility index (Phi) is 4.53. The minimum absolute atomic E-state index is 0.161. The van der Waals surface area contributed by atoms with E-state index in [1.165, 1.54) is 11.8 Å². The van der Waals surface area contributed by atoms with E-state index in [9.17, 15) is 4.79 Å². The zero-order chi connectivity index (χ0) is 18.1. The third-order valence-electron chi connectivity index (χ3n) is 4.11. The first-order chi connectivity index (χ1) is 12.7. The predicted molar refractivity (Wildman–Crippen MR) is 110 cm³/mol. The molecule has 0 bridgehead atoms. The molecule has 0 unspecified atom stereocenters. The zero-order valence-electron chi connectivity index (χ0n) is 14.0. The molecule has 2 aromatic carbocycles. The van der Waals surface area contributed by atoms with E-state index in [1.54, 1.807) is 22.7 Å². The van der Waals surface area contributed by atoms with Gasteiger partial charge in [0.1, 0.15) is 5.84 Å². The molecule has 4 nitrogen and oxygen atoms in total. The molecule has 0 saturated carbocycles. The Bertz CT molecular complexity index is 976. The van der Waals surface area contributed by atoms with Gasteiger partial charge in [0.25, 0.3) is 5.91 Å². The lowest BCUT2D eigenvalue weighted by Gasteiger charge is -2.26. The molecule has 0 fully saturated rings. The highest BCUT2D eigenvalue weighted by Gasteiger charge is 2.36.